The number of esters is 1. The van der Waals surface area contributed by atoms with Crippen LogP contribution in [0.1, 0.15) is 17.4 Å². The molecule has 0 amide bonds. The normalized spacial score (nSPS) is 10.1. The third-order valence-electron chi connectivity index (χ3n) is 2.12. The van der Waals surface area contributed by atoms with E-state index in [1.807, 2.05) is 24.3 Å². The molecule has 1 heterocycles. The van der Waals surface area contributed by atoms with Gasteiger partial charge in [-0.2, -0.15) is 0 Å². The number of rotatable bonds is 4. The Morgan fingerprint density at radius 1 is 1.56 bits per heavy atom. The first-order chi connectivity index (χ1) is 8.70. The molecule has 6 heteroatoms. The average molecular weight is 374 g/mol. The summed E-state index contributed by atoms with van der Waals surface area (Å²) in [6, 6.07) is 7.89. The predicted octanol–water partition coefficient (Wildman–Crippen LogP) is 3.67. The van der Waals surface area contributed by atoms with Crippen molar-refractivity contribution in [1.82, 2.24) is 4.98 Å². The largest absolute Gasteiger partial charge is 0.461 e. The zero-order valence-corrected chi connectivity index (χ0v) is 12.6. The zero-order valence-electron chi connectivity index (χ0n) is 9.64. The number of ether oxygens (including phenoxy) is 1. The number of nitrogens with one attached hydrogen (secondary N) is 1. The maximum atomic E-state index is 11.7. The summed E-state index contributed by atoms with van der Waals surface area (Å²) in [6.45, 7) is 2.12. The summed E-state index contributed by atoms with van der Waals surface area (Å²) < 4.78 is 6.08. The van der Waals surface area contributed by atoms with E-state index >= 15 is 0 Å². The van der Waals surface area contributed by atoms with E-state index in [9.17, 15) is 4.79 Å². The van der Waals surface area contributed by atoms with Gasteiger partial charge in [-0.15, -0.1) is 11.3 Å². The fourth-order valence-corrected chi connectivity index (χ4v) is 2.61. The van der Waals surface area contributed by atoms with Gasteiger partial charge in [-0.3, -0.25) is 0 Å². The van der Waals surface area contributed by atoms with Crippen molar-refractivity contribution in [1.29, 1.82) is 0 Å². The highest BCUT2D eigenvalue weighted by Crippen LogP contribution is 2.26. The first-order valence-electron chi connectivity index (χ1n) is 5.34. The van der Waals surface area contributed by atoms with Crippen molar-refractivity contribution in [2.24, 2.45) is 0 Å². The minimum atomic E-state index is -0.396. The van der Waals surface area contributed by atoms with Gasteiger partial charge in [-0.05, 0) is 47.7 Å². The van der Waals surface area contributed by atoms with Gasteiger partial charge in [-0.1, -0.05) is 6.07 Å². The predicted molar refractivity (Wildman–Crippen MR) is 80.5 cm³/mol. The van der Waals surface area contributed by atoms with Crippen LogP contribution in [-0.2, 0) is 4.74 Å². The maximum Gasteiger partial charge on any atom is 0.360 e. The van der Waals surface area contributed by atoms with Crippen molar-refractivity contribution in [3.8, 4) is 0 Å². The van der Waals surface area contributed by atoms with E-state index in [1.165, 1.54) is 11.3 Å². The van der Waals surface area contributed by atoms with E-state index in [4.69, 9.17) is 4.74 Å². The number of hydrogen-bond donors (Lipinski definition) is 1. The summed E-state index contributed by atoms with van der Waals surface area (Å²) in [7, 11) is 0. The van der Waals surface area contributed by atoms with E-state index < -0.39 is 5.97 Å². The average Bonchev–Trinajstić information content (AvgIpc) is 2.77. The Balaban J connectivity index is 2.20. The summed E-state index contributed by atoms with van der Waals surface area (Å²) in [5.41, 5.74) is 2.89. The number of anilines is 2. The Kier molecular flexibility index (Phi) is 4.54. The van der Waals surface area contributed by atoms with Crippen molar-refractivity contribution in [2.75, 3.05) is 11.9 Å². The SMILES string of the molecule is CCOC(=O)c1ncsc1Nc1cccc(I)c1. The Labute approximate surface area is 123 Å². The molecule has 1 N–H and O–H groups in total. The van der Waals surface area contributed by atoms with Crippen LogP contribution < -0.4 is 5.32 Å². The highest BCUT2D eigenvalue weighted by molar-refractivity contribution is 14.1. The first kappa shape index (κ1) is 13.3. The van der Waals surface area contributed by atoms with Gasteiger partial charge in [0, 0.05) is 9.26 Å². The van der Waals surface area contributed by atoms with Crippen molar-refractivity contribution in [3.05, 3.63) is 39.0 Å². The van der Waals surface area contributed by atoms with Crippen molar-refractivity contribution in [3.63, 3.8) is 0 Å². The molecular weight excluding hydrogens is 363 g/mol. The smallest absolute Gasteiger partial charge is 0.360 e. The van der Waals surface area contributed by atoms with Gasteiger partial charge < -0.3 is 10.1 Å². The van der Waals surface area contributed by atoms with Crippen molar-refractivity contribution < 1.29 is 9.53 Å². The molecule has 2 rings (SSSR count). The van der Waals surface area contributed by atoms with Gasteiger partial charge in [0.25, 0.3) is 0 Å². The molecule has 0 saturated heterocycles. The van der Waals surface area contributed by atoms with Gasteiger partial charge in [0.2, 0.25) is 0 Å². The number of benzene rings is 1. The summed E-state index contributed by atoms with van der Waals surface area (Å²) in [5, 5.41) is 3.89. The number of hydrogen-bond acceptors (Lipinski definition) is 5. The van der Waals surface area contributed by atoms with Gasteiger partial charge in [0.05, 0.1) is 12.1 Å². The lowest BCUT2D eigenvalue weighted by Crippen LogP contribution is -2.07. The highest BCUT2D eigenvalue weighted by Gasteiger charge is 2.16. The molecule has 0 aliphatic rings. The Morgan fingerprint density at radius 3 is 3.11 bits per heavy atom. The highest BCUT2D eigenvalue weighted by atomic mass is 127. The Morgan fingerprint density at radius 2 is 2.39 bits per heavy atom. The molecule has 0 radical (unpaired) electrons. The minimum Gasteiger partial charge on any atom is -0.461 e. The molecule has 0 bridgehead atoms. The topological polar surface area (TPSA) is 51.2 Å². The minimum absolute atomic E-state index is 0.334. The molecular formula is C12H11IN2O2S. The Hall–Kier alpha value is -1.15. The second-order valence-corrected chi connectivity index (χ2v) is 5.49. The quantitative estimate of drug-likeness (QED) is 0.656. The first-order valence-corrected chi connectivity index (χ1v) is 7.29. The number of halogens is 1. The van der Waals surface area contributed by atoms with E-state index in [0.717, 1.165) is 9.26 Å². The number of carbonyl (C=O) groups is 1. The van der Waals surface area contributed by atoms with Crippen LogP contribution >= 0.6 is 33.9 Å². The summed E-state index contributed by atoms with van der Waals surface area (Å²) in [4.78, 5) is 15.7. The molecule has 0 spiro atoms. The van der Waals surface area contributed by atoms with Crippen LogP contribution in [0.2, 0.25) is 0 Å². The van der Waals surface area contributed by atoms with Crippen molar-refractivity contribution in [2.45, 2.75) is 6.92 Å². The van der Waals surface area contributed by atoms with Gasteiger partial charge in [-0.25, -0.2) is 9.78 Å². The molecule has 0 atom stereocenters. The van der Waals surface area contributed by atoms with E-state index in [2.05, 4.69) is 32.9 Å². The van der Waals surface area contributed by atoms with Gasteiger partial charge in [0.15, 0.2) is 5.69 Å². The van der Waals surface area contributed by atoms with Crippen LogP contribution in [-0.4, -0.2) is 17.6 Å². The number of thiazole rings is 1. The van der Waals surface area contributed by atoms with E-state index in [0.29, 0.717) is 17.3 Å². The van der Waals surface area contributed by atoms with Gasteiger partial charge >= 0.3 is 5.97 Å². The molecule has 0 unspecified atom stereocenters. The fourth-order valence-electron chi connectivity index (χ4n) is 1.38. The lowest BCUT2D eigenvalue weighted by Gasteiger charge is -2.06. The monoisotopic (exact) mass is 374 g/mol. The summed E-state index contributed by atoms with van der Waals surface area (Å²) in [6.07, 6.45) is 0. The molecule has 0 fully saturated rings. The van der Waals surface area contributed by atoms with Crippen LogP contribution in [0.15, 0.2) is 29.8 Å². The molecule has 0 aliphatic carbocycles. The number of carbonyl (C=O) groups excluding carboxylic acids is 1. The third-order valence-corrected chi connectivity index (χ3v) is 3.53. The van der Waals surface area contributed by atoms with E-state index in [-0.39, 0.29) is 0 Å². The van der Waals surface area contributed by atoms with Crippen LogP contribution in [0.3, 0.4) is 0 Å². The molecule has 1 aromatic heterocycles. The summed E-state index contributed by atoms with van der Waals surface area (Å²) in [5.74, 6) is -0.396. The summed E-state index contributed by atoms with van der Waals surface area (Å²) >= 11 is 3.62. The molecule has 94 valence electrons. The molecule has 2 aromatic rings. The van der Waals surface area contributed by atoms with Crippen LogP contribution in [0.4, 0.5) is 10.7 Å². The number of nitrogens with zero attached hydrogens (tertiary/aromatic N) is 1. The molecule has 0 aliphatic heterocycles. The van der Waals surface area contributed by atoms with E-state index in [1.54, 1.807) is 12.4 Å². The second-order valence-electron chi connectivity index (χ2n) is 3.39. The second kappa shape index (κ2) is 6.14. The lowest BCUT2D eigenvalue weighted by molar-refractivity contribution is 0.0521. The third kappa shape index (κ3) is 3.20. The fraction of sp³-hybridized carbons (Fsp3) is 0.167. The standard InChI is InChI=1S/C12H11IN2O2S/c1-2-17-12(16)10-11(18-7-14-10)15-9-5-3-4-8(13)6-9/h3-7,15H,2H2,1H3. The van der Waals surface area contributed by atoms with Crippen LogP contribution in [0, 0.1) is 3.57 Å². The maximum absolute atomic E-state index is 11.7. The zero-order chi connectivity index (χ0) is 13.0. The van der Waals surface area contributed by atoms with Gasteiger partial charge in [0.1, 0.15) is 5.00 Å². The molecule has 18 heavy (non-hydrogen) atoms. The van der Waals surface area contributed by atoms with Crippen LogP contribution in [0.25, 0.3) is 0 Å². The molecule has 1 aromatic carbocycles. The Bertz CT molecular complexity index is 557. The lowest BCUT2D eigenvalue weighted by atomic mass is 10.3. The number of aromatic nitrogens is 1. The molecule has 0 saturated carbocycles. The van der Waals surface area contributed by atoms with Crippen LogP contribution in [0.5, 0.6) is 0 Å². The van der Waals surface area contributed by atoms with Crippen molar-refractivity contribution >= 4 is 50.6 Å². The molecule has 4 nitrogen and oxygen atoms in total.